The second kappa shape index (κ2) is 4.79. The molecule has 2 aliphatic rings. The molecule has 0 spiro atoms. The van der Waals surface area contributed by atoms with E-state index in [1.807, 2.05) is 29.9 Å². The third-order valence-corrected chi connectivity index (χ3v) is 4.84. The van der Waals surface area contributed by atoms with Gasteiger partial charge < -0.3 is 4.90 Å². The van der Waals surface area contributed by atoms with E-state index in [1.165, 1.54) is 0 Å². The number of nitrogens with zero attached hydrogens (tertiary/aromatic N) is 3. The van der Waals surface area contributed by atoms with Crippen molar-refractivity contribution < 1.29 is 9.59 Å². The molecule has 0 saturated heterocycles. The number of carbonyl (C=O) groups is 2. The van der Waals surface area contributed by atoms with Gasteiger partial charge in [0.1, 0.15) is 5.69 Å². The van der Waals surface area contributed by atoms with E-state index in [-0.39, 0.29) is 17.2 Å². The van der Waals surface area contributed by atoms with Crippen molar-refractivity contribution in [2.24, 2.45) is 7.05 Å². The molecule has 0 aliphatic heterocycles. The summed E-state index contributed by atoms with van der Waals surface area (Å²) >= 11 is 0. The lowest BCUT2D eigenvalue weighted by Crippen LogP contribution is -2.23. The average molecular weight is 323 g/mol. The van der Waals surface area contributed by atoms with E-state index in [0.29, 0.717) is 11.1 Å². The largest absolute Gasteiger partial charge is 0.312 e. The summed E-state index contributed by atoms with van der Waals surface area (Å²) in [5.41, 5.74) is 4.58. The second-order valence-corrected chi connectivity index (χ2v) is 7.75. The fourth-order valence-electron chi connectivity index (χ4n) is 3.72. The zero-order chi connectivity index (χ0) is 17.2. The van der Waals surface area contributed by atoms with E-state index < -0.39 is 0 Å². The Bertz CT molecular complexity index is 869. The number of anilines is 1. The Morgan fingerprint density at radius 3 is 2.54 bits per heavy atom. The summed E-state index contributed by atoms with van der Waals surface area (Å²) in [5.74, 6) is 0.0153. The van der Waals surface area contributed by atoms with Crippen LogP contribution < -0.4 is 4.90 Å². The number of hydrogen-bond donors (Lipinski definition) is 0. The quantitative estimate of drug-likeness (QED) is 0.696. The number of rotatable bonds is 3. The van der Waals surface area contributed by atoms with Gasteiger partial charge in [-0.3, -0.25) is 14.3 Å². The Kier molecular flexibility index (Phi) is 3.02. The van der Waals surface area contributed by atoms with Crippen molar-refractivity contribution in [3.8, 4) is 11.3 Å². The van der Waals surface area contributed by atoms with Crippen molar-refractivity contribution in [1.29, 1.82) is 0 Å². The molecule has 1 fully saturated rings. The summed E-state index contributed by atoms with van der Waals surface area (Å²) < 4.78 is 1.82. The molecule has 124 valence electrons. The van der Waals surface area contributed by atoms with E-state index in [4.69, 9.17) is 0 Å². The van der Waals surface area contributed by atoms with Crippen LogP contribution in [0.15, 0.2) is 18.2 Å². The van der Waals surface area contributed by atoms with Crippen molar-refractivity contribution in [2.75, 3.05) is 4.90 Å². The van der Waals surface area contributed by atoms with Crippen LogP contribution in [0.1, 0.15) is 55.2 Å². The van der Waals surface area contributed by atoms with Crippen LogP contribution in [0.5, 0.6) is 0 Å². The highest BCUT2D eigenvalue weighted by Gasteiger charge is 2.38. The number of hydrogen-bond acceptors (Lipinski definition) is 3. The van der Waals surface area contributed by atoms with Crippen molar-refractivity contribution in [1.82, 2.24) is 9.78 Å². The number of ketones is 1. The lowest BCUT2D eigenvalue weighted by molar-refractivity contribution is -0.107. The predicted octanol–water partition coefficient (Wildman–Crippen LogP) is 3.05. The smallest absolute Gasteiger partial charge is 0.214 e. The molecule has 0 atom stereocenters. The Hall–Kier alpha value is -2.43. The zero-order valence-electron chi connectivity index (χ0n) is 14.5. The average Bonchev–Trinajstić information content (AvgIpc) is 3.22. The van der Waals surface area contributed by atoms with Crippen LogP contribution in [0.2, 0.25) is 0 Å². The third-order valence-electron chi connectivity index (χ3n) is 4.84. The van der Waals surface area contributed by atoms with E-state index in [0.717, 1.165) is 41.9 Å². The molecule has 4 rings (SSSR count). The van der Waals surface area contributed by atoms with Crippen LogP contribution >= 0.6 is 0 Å². The van der Waals surface area contributed by atoms with Gasteiger partial charge in [-0.05, 0) is 31.0 Å². The van der Waals surface area contributed by atoms with E-state index in [9.17, 15) is 9.59 Å². The number of aryl methyl sites for hydroxylation is 1. The summed E-state index contributed by atoms with van der Waals surface area (Å²) in [4.78, 5) is 26.2. The lowest BCUT2D eigenvalue weighted by Gasteiger charge is -2.20. The van der Waals surface area contributed by atoms with Crippen LogP contribution in [-0.4, -0.2) is 28.0 Å². The van der Waals surface area contributed by atoms with Crippen LogP contribution in [0.3, 0.4) is 0 Å². The van der Waals surface area contributed by atoms with Gasteiger partial charge in [-0.15, -0.1) is 0 Å². The highest BCUT2D eigenvalue weighted by atomic mass is 16.1. The normalized spacial score (nSPS) is 16.1. The Balaban J connectivity index is 1.85. The van der Waals surface area contributed by atoms with Crippen LogP contribution in [-0.2, 0) is 17.3 Å². The van der Waals surface area contributed by atoms with Gasteiger partial charge in [0.25, 0.3) is 0 Å². The van der Waals surface area contributed by atoms with E-state index in [1.54, 1.807) is 4.90 Å². The standard InChI is InChI=1S/C19H21N3O2/c1-19(2,3)18-15-16(20-21(18)4)13-8-7-12(9-14(13)17(15)24)22(10-23)11-5-6-11/h7-11H,5-6H2,1-4H3. The maximum atomic E-state index is 13.1. The zero-order valence-corrected chi connectivity index (χ0v) is 14.5. The maximum Gasteiger partial charge on any atom is 0.214 e. The molecule has 0 radical (unpaired) electrons. The van der Waals surface area contributed by atoms with Crippen LogP contribution in [0.4, 0.5) is 5.69 Å². The molecule has 5 nitrogen and oxygen atoms in total. The van der Waals surface area contributed by atoms with Crippen molar-refractivity contribution in [3.05, 3.63) is 35.0 Å². The van der Waals surface area contributed by atoms with Crippen LogP contribution in [0.25, 0.3) is 11.3 Å². The SMILES string of the molecule is Cn1nc2c(c1C(C)(C)C)C(=O)c1cc(N(C=O)C3CC3)ccc1-2. The molecule has 1 saturated carbocycles. The first kappa shape index (κ1) is 15.1. The molecule has 5 heteroatoms. The summed E-state index contributed by atoms with van der Waals surface area (Å²) in [6.07, 6.45) is 2.92. The lowest BCUT2D eigenvalue weighted by atomic mass is 9.88. The van der Waals surface area contributed by atoms with Gasteiger partial charge >= 0.3 is 0 Å². The van der Waals surface area contributed by atoms with Gasteiger partial charge in [-0.25, -0.2) is 0 Å². The van der Waals surface area contributed by atoms with Gasteiger partial charge in [-0.1, -0.05) is 20.8 Å². The van der Waals surface area contributed by atoms with Crippen LogP contribution in [0, 0.1) is 0 Å². The van der Waals surface area contributed by atoms with Gasteiger partial charge in [0.05, 0.1) is 11.3 Å². The molecule has 2 aromatic rings. The van der Waals surface area contributed by atoms with Gasteiger partial charge in [-0.2, -0.15) is 5.10 Å². The van der Waals surface area contributed by atoms with Gasteiger partial charge in [0, 0.05) is 35.3 Å². The molecular weight excluding hydrogens is 302 g/mol. The number of carbonyl (C=O) groups excluding carboxylic acids is 2. The third kappa shape index (κ3) is 2.04. The minimum Gasteiger partial charge on any atom is -0.312 e. The molecule has 1 aromatic heterocycles. The molecular formula is C19H21N3O2. The van der Waals surface area contributed by atoms with E-state index in [2.05, 4.69) is 25.9 Å². The first-order valence-electron chi connectivity index (χ1n) is 8.33. The number of amides is 1. The topological polar surface area (TPSA) is 55.2 Å². The molecule has 0 N–H and O–H groups in total. The van der Waals surface area contributed by atoms with Crippen molar-refractivity contribution >= 4 is 17.9 Å². The van der Waals surface area contributed by atoms with Crippen molar-refractivity contribution in [3.63, 3.8) is 0 Å². The predicted molar refractivity (Wildman–Crippen MR) is 92.3 cm³/mol. The summed E-state index contributed by atoms with van der Waals surface area (Å²) in [7, 11) is 1.89. The molecule has 1 aromatic carbocycles. The number of benzene rings is 1. The Morgan fingerprint density at radius 2 is 1.96 bits per heavy atom. The fourth-order valence-corrected chi connectivity index (χ4v) is 3.72. The maximum absolute atomic E-state index is 13.1. The highest BCUT2D eigenvalue weighted by Crippen LogP contribution is 2.43. The molecule has 1 amide bonds. The van der Waals surface area contributed by atoms with E-state index >= 15 is 0 Å². The van der Waals surface area contributed by atoms with Gasteiger partial charge in [0.15, 0.2) is 5.78 Å². The Morgan fingerprint density at radius 1 is 1.25 bits per heavy atom. The summed E-state index contributed by atoms with van der Waals surface area (Å²) in [5, 5.41) is 4.60. The first-order valence-corrected chi connectivity index (χ1v) is 8.33. The molecule has 0 unspecified atom stereocenters. The highest BCUT2D eigenvalue weighted by molar-refractivity contribution is 6.22. The second-order valence-electron chi connectivity index (χ2n) is 7.75. The molecule has 0 bridgehead atoms. The Labute approximate surface area is 141 Å². The molecule has 1 heterocycles. The number of aromatic nitrogens is 2. The summed E-state index contributed by atoms with van der Waals surface area (Å²) in [6, 6.07) is 5.97. The summed E-state index contributed by atoms with van der Waals surface area (Å²) in [6.45, 7) is 6.27. The first-order chi connectivity index (χ1) is 11.3. The molecule has 2 aliphatic carbocycles. The minimum atomic E-state index is -0.168. The number of fused-ring (bicyclic) bond motifs is 3. The monoisotopic (exact) mass is 323 g/mol. The minimum absolute atomic E-state index is 0.0153. The van der Waals surface area contributed by atoms with Crippen molar-refractivity contribution in [2.45, 2.75) is 45.1 Å². The van der Waals surface area contributed by atoms with Gasteiger partial charge in [0.2, 0.25) is 6.41 Å². The molecule has 24 heavy (non-hydrogen) atoms. The fraction of sp³-hybridized carbons (Fsp3) is 0.421.